The molecule has 0 fully saturated rings. The molecule has 0 saturated heterocycles. The zero-order valence-corrected chi connectivity index (χ0v) is 23.0. The Labute approximate surface area is 244 Å². The molecule has 0 aliphatic rings. The Morgan fingerprint density at radius 2 is 1.55 bits per heavy atom. The topological polar surface area (TPSA) is 72.5 Å². The molecule has 2 atom stereocenters. The van der Waals surface area contributed by atoms with E-state index in [0.717, 1.165) is 6.92 Å². The largest absolute Gasteiger partial charge is 0.573 e. The van der Waals surface area contributed by atoms with E-state index in [2.05, 4.69) is 4.74 Å². The first-order valence-corrected chi connectivity index (χ1v) is 13.7. The molecule has 0 spiro atoms. The first kappa shape index (κ1) is 37.0. The van der Waals surface area contributed by atoms with E-state index in [1.165, 1.54) is 0 Å². The third kappa shape index (κ3) is 11.0. The normalized spacial score (nSPS) is 15.1. The predicted octanol–water partition coefficient (Wildman–Crippen LogP) is 8.01. The standard InChI is InChI=1S/C24H17ClF13NO4S/c1-11(9-44(41,42)10-21(27,28)29)39-20(40)14-4-2-13(6-16(14)23(33,34)35)18(26)8-15(22(30,31)32)12-3-5-17(25)19(7-12)43-24(36,37)38/h2-8,11,15H,9-10H2,1H3,(H,39,40)/b18-8-. The first-order chi connectivity index (χ1) is 19.7. The third-order valence-corrected chi connectivity index (χ3v) is 7.40. The summed E-state index contributed by atoms with van der Waals surface area (Å²) in [5.41, 5.74) is -5.41. The Morgan fingerprint density at radius 3 is 2.05 bits per heavy atom. The van der Waals surface area contributed by atoms with Crippen LogP contribution >= 0.6 is 11.6 Å². The molecule has 1 amide bonds. The average Bonchev–Trinajstić information content (AvgIpc) is 2.79. The van der Waals surface area contributed by atoms with Crippen LogP contribution in [-0.2, 0) is 16.0 Å². The van der Waals surface area contributed by atoms with Gasteiger partial charge in [0.1, 0.15) is 23.2 Å². The summed E-state index contributed by atoms with van der Waals surface area (Å²) in [6.45, 7) is 0.870. The van der Waals surface area contributed by atoms with E-state index in [-0.39, 0.29) is 18.2 Å². The van der Waals surface area contributed by atoms with Crippen molar-refractivity contribution in [3.8, 4) is 5.75 Å². The number of hydrogen-bond donors (Lipinski definition) is 1. The molecule has 5 nitrogen and oxygen atoms in total. The highest BCUT2D eigenvalue weighted by Gasteiger charge is 2.42. The summed E-state index contributed by atoms with van der Waals surface area (Å²) in [6.07, 6.45) is -21.6. The van der Waals surface area contributed by atoms with Crippen LogP contribution in [-0.4, -0.2) is 50.6 Å². The molecule has 246 valence electrons. The highest BCUT2D eigenvalue weighted by molar-refractivity contribution is 7.91. The molecule has 2 unspecified atom stereocenters. The predicted molar refractivity (Wildman–Crippen MR) is 129 cm³/mol. The van der Waals surface area contributed by atoms with Crippen LogP contribution in [0.5, 0.6) is 5.75 Å². The van der Waals surface area contributed by atoms with Crippen molar-refractivity contribution in [2.45, 2.75) is 43.8 Å². The molecule has 0 aromatic heterocycles. The summed E-state index contributed by atoms with van der Waals surface area (Å²) in [4.78, 5) is 12.4. The van der Waals surface area contributed by atoms with Crippen LogP contribution in [0.25, 0.3) is 5.83 Å². The van der Waals surface area contributed by atoms with E-state index in [0.29, 0.717) is 24.3 Å². The van der Waals surface area contributed by atoms with Gasteiger partial charge in [0.25, 0.3) is 5.91 Å². The van der Waals surface area contributed by atoms with Crippen LogP contribution in [0.4, 0.5) is 57.1 Å². The fourth-order valence-corrected chi connectivity index (χ4v) is 5.31. The molecule has 0 saturated carbocycles. The van der Waals surface area contributed by atoms with Gasteiger partial charge in [-0.15, -0.1) is 13.2 Å². The van der Waals surface area contributed by atoms with Crippen molar-refractivity contribution in [3.05, 3.63) is 69.8 Å². The van der Waals surface area contributed by atoms with Gasteiger partial charge in [-0.3, -0.25) is 4.79 Å². The van der Waals surface area contributed by atoms with E-state index in [1.807, 2.05) is 0 Å². The minimum Gasteiger partial charge on any atom is -0.404 e. The van der Waals surface area contributed by atoms with Gasteiger partial charge in [0.2, 0.25) is 0 Å². The highest BCUT2D eigenvalue weighted by Crippen LogP contribution is 2.42. The lowest BCUT2D eigenvalue weighted by Gasteiger charge is -2.20. The zero-order valence-electron chi connectivity index (χ0n) is 21.4. The number of rotatable bonds is 9. The monoisotopic (exact) mass is 697 g/mol. The quantitative estimate of drug-likeness (QED) is 0.270. The number of nitrogens with one attached hydrogen (secondary N) is 1. The zero-order chi connectivity index (χ0) is 34.1. The summed E-state index contributed by atoms with van der Waals surface area (Å²) in [7, 11) is -4.87. The van der Waals surface area contributed by atoms with Gasteiger partial charge in [0, 0.05) is 11.6 Å². The second-order valence-electron chi connectivity index (χ2n) is 9.07. The van der Waals surface area contributed by atoms with Crippen LogP contribution < -0.4 is 10.1 Å². The van der Waals surface area contributed by atoms with Gasteiger partial charge in [0.05, 0.1) is 21.9 Å². The van der Waals surface area contributed by atoms with Gasteiger partial charge in [-0.1, -0.05) is 23.7 Å². The molecular formula is C24H17ClF13NO4S. The molecule has 20 heteroatoms. The second kappa shape index (κ2) is 13.0. The number of allylic oxidation sites excluding steroid dienone is 1. The first-order valence-electron chi connectivity index (χ1n) is 11.5. The minimum atomic E-state index is -5.46. The van der Waals surface area contributed by atoms with Gasteiger partial charge in [-0.2, -0.15) is 39.5 Å². The third-order valence-electron chi connectivity index (χ3n) is 5.32. The van der Waals surface area contributed by atoms with Crippen molar-refractivity contribution in [2.75, 3.05) is 11.5 Å². The molecule has 2 aromatic carbocycles. The van der Waals surface area contributed by atoms with Crippen LogP contribution in [0, 0.1) is 0 Å². The van der Waals surface area contributed by atoms with E-state index in [9.17, 15) is 70.3 Å². The number of sulfone groups is 1. The summed E-state index contributed by atoms with van der Waals surface area (Å²) in [6, 6.07) is 0.379. The SMILES string of the molecule is CC(CS(=O)(=O)CC(F)(F)F)NC(=O)c1ccc(/C(F)=C/C(c2ccc(Cl)c(OC(F)(F)F)c2)C(F)(F)F)cc1C(F)(F)F. The van der Waals surface area contributed by atoms with E-state index < -0.39 is 103 Å². The second-order valence-corrected chi connectivity index (χ2v) is 11.6. The summed E-state index contributed by atoms with van der Waals surface area (Å²) in [5.74, 6) is -11.5. The lowest BCUT2D eigenvalue weighted by atomic mass is 9.95. The molecule has 2 aromatic rings. The number of amides is 1. The Kier molecular flexibility index (Phi) is 10.9. The van der Waals surface area contributed by atoms with Crippen molar-refractivity contribution < 1.29 is 75.0 Å². The molecule has 0 aliphatic heterocycles. The van der Waals surface area contributed by atoms with Gasteiger partial charge < -0.3 is 10.1 Å². The number of ether oxygens (including phenoxy) is 1. The molecule has 1 N–H and O–H groups in total. The van der Waals surface area contributed by atoms with Gasteiger partial charge in [0.15, 0.2) is 9.84 Å². The number of hydrogen-bond acceptors (Lipinski definition) is 4. The molecular weight excluding hydrogens is 681 g/mol. The van der Waals surface area contributed by atoms with Gasteiger partial charge in [-0.05, 0) is 42.8 Å². The maximum Gasteiger partial charge on any atom is 0.573 e. The fraction of sp³-hybridized carbons (Fsp3) is 0.375. The minimum absolute atomic E-state index is 0.0701. The average molecular weight is 698 g/mol. The van der Waals surface area contributed by atoms with Crippen molar-refractivity contribution in [1.29, 1.82) is 0 Å². The maximum absolute atomic E-state index is 15.0. The van der Waals surface area contributed by atoms with Crippen molar-refractivity contribution in [2.24, 2.45) is 0 Å². The Balaban J connectivity index is 2.48. The van der Waals surface area contributed by atoms with E-state index in [4.69, 9.17) is 11.6 Å². The summed E-state index contributed by atoms with van der Waals surface area (Å²) in [5, 5.41) is 0.983. The molecule has 44 heavy (non-hydrogen) atoms. The number of carbonyl (C=O) groups excluding carboxylic acids is 1. The Hall–Kier alpha value is -3.22. The number of halogens is 14. The van der Waals surface area contributed by atoms with Crippen LogP contribution in [0.3, 0.4) is 0 Å². The molecule has 0 heterocycles. The Morgan fingerprint density at radius 1 is 0.955 bits per heavy atom. The molecule has 0 aliphatic carbocycles. The fourth-order valence-electron chi connectivity index (χ4n) is 3.70. The maximum atomic E-state index is 15.0. The van der Waals surface area contributed by atoms with E-state index in [1.54, 1.807) is 5.32 Å². The van der Waals surface area contributed by atoms with Gasteiger partial charge >= 0.3 is 24.9 Å². The Bertz CT molecular complexity index is 1500. The van der Waals surface area contributed by atoms with Crippen molar-refractivity contribution >= 4 is 33.2 Å². The van der Waals surface area contributed by atoms with Crippen LogP contribution in [0.2, 0.25) is 5.02 Å². The smallest absolute Gasteiger partial charge is 0.404 e. The lowest BCUT2D eigenvalue weighted by molar-refractivity contribution is -0.274. The summed E-state index contributed by atoms with van der Waals surface area (Å²) < 4.78 is 199. The van der Waals surface area contributed by atoms with Gasteiger partial charge in [-0.25, -0.2) is 12.8 Å². The van der Waals surface area contributed by atoms with Crippen LogP contribution in [0.15, 0.2) is 42.5 Å². The molecule has 0 bridgehead atoms. The van der Waals surface area contributed by atoms with Crippen LogP contribution in [0.1, 0.15) is 39.9 Å². The molecule has 0 radical (unpaired) electrons. The summed E-state index contributed by atoms with van der Waals surface area (Å²) >= 11 is 5.50. The van der Waals surface area contributed by atoms with E-state index >= 15 is 0 Å². The lowest BCUT2D eigenvalue weighted by Crippen LogP contribution is -2.40. The number of carbonyl (C=O) groups is 1. The molecule has 2 rings (SSSR count). The van der Waals surface area contributed by atoms with Crippen molar-refractivity contribution in [1.82, 2.24) is 5.32 Å². The number of benzene rings is 2. The number of alkyl halides is 12. The van der Waals surface area contributed by atoms with Crippen molar-refractivity contribution in [3.63, 3.8) is 0 Å². The highest BCUT2D eigenvalue weighted by atomic mass is 35.5.